The summed E-state index contributed by atoms with van der Waals surface area (Å²) in [5.41, 5.74) is 2.00. The first-order valence-electron chi connectivity index (χ1n) is 3.71. The molecule has 0 atom stereocenters. The van der Waals surface area contributed by atoms with E-state index in [0.717, 1.165) is 11.1 Å². The van der Waals surface area contributed by atoms with Gasteiger partial charge in [-0.05, 0) is 30.5 Å². The molecule has 0 radical (unpaired) electrons. The van der Waals surface area contributed by atoms with Gasteiger partial charge in [-0.2, -0.15) is 0 Å². The molecular formula is C9H10Cl2O. The Kier molecular flexibility index (Phi) is 3.39. The Labute approximate surface area is 81.9 Å². The van der Waals surface area contributed by atoms with Crippen LogP contribution in [0.1, 0.15) is 11.1 Å². The average molecular weight is 205 g/mol. The lowest BCUT2D eigenvalue weighted by atomic mass is 10.1. The molecule has 0 aliphatic rings. The van der Waals surface area contributed by atoms with E-state index in [1.807, 2.05) is 13.0 Å². The van der Waals surface area contributed by atoms with Crippen molar-refractivity contribution in [3.8, 4) is 0 Å². The Bertz CT molecular complexity index is 284. The van der Waals surface area contributed by atoms with Crippen LogP contribution < -0.4 is 0 Å². The van der Waals surface area contributed by atoms with E-state index in [-0.39, 0.29) is 6.61 Å². The zero-order valence-electron chi connectivity index (χ0n) is 6.77. The van der Waals surface area contributed by atoms with Gasteiger partial charge in [0.15, 0.2) is 0 Å². The molecule has 3 heteroatoms. The monoisotopic (exact) mass is 204 g/mol. The molecule has 66 valence electrons. The first-order chi connectivity index (χ1) is 5.66. The van der Waals surface area contributed by atoms with E-state index in [2.05, 4.69) is 0 Å². The molecule has 0 aliphatic carbocycles. The molecule has 0 bridgehead atoms. The number of halogens is 2. The molecule has 0 unspecified atom stereocenters. The number of aliphatic hydroxyl groups is 1. The zero-order chi connectivity index (χ0) is 9.14. The fourth-order valence-corrected chi connectivity index (χ4v) is 1.59. The molecule has 1 aromatic rings. The summed E-state index contributed by atoms with van der Waals surface area (Å²) in [6.07, 6.45) is 0.561. The third-order valence-corrected chi connectivity index (χ3v) is 2.64. The third kappa shape index (κ3) is 1.92. The van der Waals surface area contributed by atoms with Crippen LogP contribution >= 0.6 is 23.2 Å². The Morgan fingerprint density at radius 3 is 2.58 bits per heavy atom. The van der Waals surface area contributed by atoms with E-state index in [1.165, 1.54) is 0 Å². The molecule has 1 rings (SSSR count). The third-order valence-electron chi connectivity index (χ3n) is 1.79. The maximum atomic E-state index is 8.76. The van der Waals surface area contributed by atoms with Gasteiger partial charge in [0, 0.05) is 6.61 Å². The van der Waals surface area contributed by atoms with E-state index in [9.17, 15) is 0 Å². The van der Waals surface area contributed by atoms with Crippen LogP contribution in [0.3, 0.4) is 0 Å². The molecule has 1 aromatic carbocycles. The van der Waals surface area contributed by atoms with Gasteiger partial charge in [0.1, 0.15) is 0 Å². The summed E-state index contributed by atoms with van der Waals surface area (Å²) in [6.45, 7) is 2.05. The number of aliphatic hydroxyl groups excluding tert-OH is 1. The lowest BCUT2D eigenvalue weighted by Crippen LogP contribution is -1.95. The van der Waals surface area contributed by atoms with Crippen LogP contribution in [-0.4, -0.2) is 11.7 Å². The van der Waals surface area contributed by atoms with E-state index < -0.39 is 0 Å². The first kappa shape index (κ1) is 9.85. The second-order valence-corrected chi connectivity index (χ2v) is 3.42. The summed E-state index contributed by atoms with van der Waals surface area (Å²) < 4.78 is 0. The van der Waals surface area contributed by atoms with Gasteiger partial charge in [0.25, 0.3) is 0 Å². The van der Waals surface area contributed by atoms with Crippen molar-refractivity contribution in [2.75, 3.05) is 6.61 Å². The molecular weight excluding hydrogens is 195 g/mol. The Balaban J connectivity index is 3.14. The lowest BCUT2D eigenvalue weighted by Gasteiger charge is -2.07. The molecule has 1 N–H and O–H groups in total. The van der Waals surface area contributed by atoms with Gasteiger partial charge < -0.3 is 5.11 Å². The fraction of sp³-hybridized carbons (Fsp3) is 0.333. The zero-order valence-corrected chi connectivity index (χ0v) is 8.28. The SMILES string of the molecule is Cc1ccc(Cl)c(Cl)c1CCO. The van der Waals surface area contributed by atoms with Gasteiger partial charge in [0.2, 0.25) is 0 Å². The minimum Gasteiger partial charge on any atom is -0.396 e. The first-order valence-corrected chi connectivity index (χ1v) is 4.46. The lowest BCUT2D eigenvalue weighted by molar-refractivity contribution is 0.299. The minimum atomic E-state index is 0.0981. The second kappa shape index (κ2) is 4.13. The summed E-state index contributed by atoms with van der Waals surface area (Å²) in [6, 6.07) is 3.67. The standard InChI is InChI=1S/C9H10Cl2O/c1-6-2-3-8(10)9(11)7(6)4-5-12/h2-3,12H,4-5H2,1H3. The van der Waals surface area contributed by atoms with Crippen LogP contribution in [0.5, 0.6) is 0 Å². The Morgan fingerprint density at radius 2 is 2.00 bits per heavy atom. The molecule has 0 amide bonds. The fourth-order valence-electron chi connectivity index (χ4n) is 1.11. The highest BCUT2D eigenvalue weighted by atomic mass is 35.5. The van der Waals surface area contributed by atoms with Crippen LogP contribution in [0, 0.1) is 6.92 Å². The molecule has 0 heterocycles. The van der Waals surface area contributed by atoms with Crippen molar-refractivity contribution in [2.45, 2.75) is 13.3 Å². The van der Waals surface area contributed by atoms with Gasteiger partial charge in [-0.3, -0.25) is 0 Å². The maximum Gasteiger partial charge on any atom is 0.0627 e. The number of hydrogen-bond acceptors (Lipinski definition) is 1. The summed E-state index contributed by atoms with van der Waals surface area (Å²) in [5, 5.41) is 9.87. The van der Waals surface area contributed by atoms with Crippen molar-refractivity contribution >= 4 is 23.2 Å². The molecule has 0 saturated carbocycles. The van der Waals surface area contributed by atoms with Crippen molar-refractivity contribution in [3.05, 3.63) is 33.3 Å². The average Bonchev–Trinajstić information content (AvgIpc) is 2.06. The van der Waals surface area contributed by atoms with Gasteiger partial charge in [-0.15, -0.1) is 0 Å². The van der Waals surface area contributed by atoms with E-state index in [1.54, 1.807) is 6.07 Å². The molecule has 1 nitrogen and oxygen atoms in total. The van der Waals surface area contributed by atoms with Gasteiger partial charge >= 0.3 is 0 Å². The van der Waals surface area contributed by atoms with E-state index in [0.29, 0.717) is 16.5 Å². The highest BCUT2D eigenvalue weighted by molar-refractivity contribution is 6.42. The molecule has 0 spiro atoms. The van der Waals surface area contributed by atoms with Crippen LogP contribution in [0.2, 0.25) is 10.0 Å². The smallest absolute Gasteiger partial charge is 0.0627 e. The van der Waals surface area contributed by atoms with Gasteiger partial charge in [0.05, 0.1) is 10.0 Å². The topological polar surface area (TPSA) is 20.2 Å². The summed E-state index contributed by atoms with van der Waals surface area (Å²) in [7, 11) is 0. The Hall–Kier alpha value is -0.240. The van der Waals surface area contributed by atoms with Gasteiger partial charge in [-0.1, -0.05) is 29.3 Å². The van der Waals surface area contributed by atoms with Crippen molar-refractivity contribution in [3.63, 3.8) is 0 Å². The number of aryl methyl sites for hydroxylation is 1. The van der Waals surface area contributed by atoms with Crippen molar-refractivity contribution in [1.82, 2.24) is 0 Å². The van der Waals surface area contributed by atoms with Crippen molar-refractivity contribution < 1.29 is 5.11 Å². The molecule has 0 saturated heterocycles. The molecule has 0 fully saturated rings. The summed E-state index contributed by atoms with van der Waals surface area (Å²) >= 11 is 11.7. The normalized spacial score (nSPS) is 10.3. The highest BCUT2D eigenvalue weighted by Gasteiger charge is 2.06. The Morgan fingerprint density at radius 1 is 1.33 bits per heavy atom. The number of rotatable bonds is 2. The second-order valence-electron chi connectivity index (χ2n) is 2.63. The highest BCUT2D eigenvalue weighted by Crippen LogP contribution is 2.28. The van der Waals surface area contributed by atoms with Gasteiger partial charge in [-0.25, -0.2) is 0 Å². The molecule has 0 aliphatic heterocycles. The van der Waals surface area contributed by atoms with Crippen molar-refractivity contribution in [2.24, 2.45) is 0 Å². The largest absolute Gasteiger partial charge is 0.396 e. The molecule has 12 heavy (non-hydrogen) atoms. The quantitative estimate of drug-likeness (QED) is 0.786. The van der Waals surface area contributed by atoms with E-state index in [4.69, 9.17) is 28.3 Å². The number of hydrogen-bond donors (Lipinski definition) is 1. The summed E-state index contributed by atoms with van der Waals surface area (Å²) in [4.78, 5) is 0. The predicted molar refractivity (Wildman–Crippen MR) is 52.0 cm³/mol. The van der Waals surface area contributed by atoms with Crippen LogP contribution in [0.4, 0.5) is 0 Å². The number of benzene rings is 1. The van der Waals surface area contributed by atoms with Crippen LogP contribution in [0.15, 0.2) is 12.1 Å². The van der Waals surface area contributed by atoms with Crippen molar-refractivity contribution in [1.29, 1.82) is 0 Å². The molecule has 0 aromatic heterocycles. The van der Waals surface area contributed by atoms with Crippen LogP contribution in [-0.2, 0) is 6.42 Å². The minimum absolute atomic E-state index is 0.0981. The predicted octanol–water partition coefficient (Wildman–Crippen LogP) is 2.84. The maximum absolute atomic E-state index is 8.76. The van der Waals surface area contributed by atoms with E-state index >= 15 is 0 Å². The van der Waals surface area contributed by atoms with Crippen LogP contribution in [0.25, 0.3) is 0 Å². The summed E-state index contributed by atoms with van der Waals surface area (Å²) in [5.74, 6) is 0.